The second kappa shape index (κ2) is 19.7. The molecular weight excluding hydrogens is 732 g/mol. The van der Waals surface area contributed by atoms with Gasteiger partial charge >= 0.3 is 12.1 Å². The first-order chi connectivity index (χ1) is 26.3. The summed E-state index contributed by atoms with van der Waals surface area (Å²) in [5.74, 6) is -4.65. The molecule has 6 N–H and O–H groups in total. The van der Waals surface area contributed by atoms with Crippen molar-refractivity contribution in [2.75, 3.05) is 7.11 Å². The zero-order valence-corrected chi connectivity index (χ0v) is 35.0. The number of amides is 6. The fraction of sp³-hybridized carbons (Fsp3) is 0.452. The molecule has 0 fully saturated rings. The van der Waals surface area contributed by atoms with E-state index in [1.165, 1.54) is 60.8 Å². The second-order valence-electron chi connectivity index (χ2n) is 16.4. The summed E-state index contributed by atoms with van der Waals surface area (Å²) in [4.78, 5) is 93.4. The van der Waals surface area contributed by atoms with E-state index in [9.17, 15) is 33.6 Å². The van der Waals surface area contributed by atoms with Crippen molar-refractivity contribution in [3.63, 3.8) is 0 Å². The first kappa shape index (κ1) is 47.2. The van der Waals surface area contributed by atoms with E-state index in [1.54, 1.807) is 81.4 Å². The average molecular weight is 791 g/mol. The molecule has 0 aromatic heterocycles. The maximum absolute atomic E-state index is 14.0. The molecule has 15 heteroatoms. The van der Waals surface area contributed by atoms with Gasteiger partial charge in [0.1, 0.15) is 39.7 Å². The van der Waals surface area contributed by atoms with Gasteiger partial charge in [-0.15, -0.1) is 0 Å². The Hall–Kier alpha value is -5.99. The zero-order valence-electron chi connectivity index (χ0n) is 35.0. The lowest BCUT2D eigenvalue weighted by Crippen LogP contribution is -2.61. The highest BCUT2D eigenvalue weighted by atomic mass is 16.6. The average Bonchev–Trinajstić information content (AvgIpc) is 3.09. The standard InChI is InChI=1S/C42H58N6O9/c1-26(2)23-29(45-38(55)57-39(3,4)5)32(49)46-40(6,7)35(52)43-30(24-27-19-15-13-16-20-27)33(50)47-41(8,9)36(53)44-31(25-28-21-17-14-18-22-28)34(51)48-42(10,11)37(54)56-12/h13-22,24-26,29H,23H2,1-12H3,(H,43,52)(H,44,53)(H,45,55)(H,46,49)(H,47,50)(H,48,51)/b30-24+,31-25+/t29-/m1/s1. The van der Waals surface area contributed by atoms with Gasteiger partial charge in [-0.05, 0) is 97.9 Å². The molecule has 0 bridgehead atoms. The SMILES string of the molecule is COC(=O)C(C)(C)NC(=O)/C(=C\c1ccccc1)NC(=O)C(C)(C)NC(=O)/C(=C\c1ccccc1)NC(=O)C(C)(C)NC(=O)[C@@H](CC(C)C)NC(=O)OC(C)(C)C. The highest BCUT2D eigenvalue weighted by Gasteiger charge is 2.38. The quantitative estimate of drug-likeness (QED) is 0.107. The van der Waals surface area contributed by atoms with Crippen molar-refractivity contribution < 1.29 is 43.0 Å². The second-order valence-corrected chi connectivity index (χ2v) is 16.4. The highest BCUT2D eigenvalue weighted by Crippen LogP contribution is 2.16. The number of hydrogen-bond donors (Lipinski definition) is 6. The molecule has 0 heterocycles. The van der Waals surface area contributed by atoms with Crippen LogP contribution >= 0.6 is 0 Å². The van der Waals surface area contributed by atoms with Crippen LogP contribution in [0.2, 0.25) is 0 Å². The molecule has 1 atom stereocenters. The van der Waals surface area contributed by atoms with Gasteiger partial charge in [-0.3, -0.25) is 24.0 Å². The highest BCUT2D eigenvalue weighted by molar-refractivity contribution is 6.08. The summed E-state index contributed by atoms with van der Waals surface area (Å²) in [7, 11) is 1.18. The number of alkyl carbamates (subject to hydrolysis) is 1. The van der Waals surface area contributed by atoms with Crippen molar-refractivity contribution in [2.45, 2.75) is 111 Å². The van der Waals surface area contributed by atoms with Crippen LogP contribution in [0.1, 0.15) is 93.7 Å². The molecule has 57 heavy (non-hydrogen) atoms. The molecule has 6 amide bonds. The Kier molecular flexibility index (Phi) is 16.3. The number of carbonyl (C=O) groups is 7. The molecule has 0 radical (unpaired) electrons. The van der Waals surface area contributed by atoms with E-state index in [1.807, 2.05) is 13.8 Å². The van der Waals surface area contributed by atoms with E-state index in [0.717, 1.165) is 0 Å². The molecule has 0 aliphatic carbocycles. The van der Waals surface area contributed by atoms with Gasteiger partial charge in [0.05, 0.1) is 7.11 Å². The van der Waals surface area contributed by atoms with Gasteiger partial charge in [-0.1, -0.05) is 74.5 Å². The van der Waals surface area contributed by atoms with Crippen LogP contribution in [-0.2, 0) is 38.2 Å². The van der Waals surface area contributed by atoms with Gasteiger partial charge in [-0.25, -0.2) is 9.59 Å². The molecule has 0 saturated heterocycles. The van der Waals surface area contributed by atoms with E-state index in [4.69, 9.17) is 9.47 Å². The van der Waals surface area contributed by atoms with Gasteiger partial charge in [0.2, 0.25) is 17.7 Å². The van der Waals surface area contributed by atoms with E-state index in [0.29, 0.717) is 11.1 Å². The normalized spacial score (nSPS) is 13.1. The Labute approximate surface area is 335 Å². The Morgan fingerprint density at radius 2 is 1.02 bits per heavy atom. The third kappa shape index (κ3) is 15.6. The van der Waals surface area contributed by atoms with Gasteiger partial charge in [0, 0.05) is 0 Å². The maximum Gasteiger partial charge on any atom is 0.408 e. The Morgan fingerprint density at radius 3 is 1.40 bits per heavy atom. The topological polar surface area (TPSA) is 210 Å². The molecule has 310 valence electrons. The van der Waals surface area contributed by atoms with Crippen molar-refractivity contribution in [3.8, 4) is 0 Å². The minimum Gasteiger partial charge on any atom is -0.467 e. The summed E-state index contributed by atoms with van der Waals surface area (Å²) < 4.78 is 10.1. The Balaban J connectivity index is 2.39. The van der Waals surface area contributed by atoms with Crippen LogP contribution in [0.5, 0.6) is 0 Å². The summed E-state index contributed by atoms with van der Waals surface area (Å²) in [5.41, 5.74) is -4.99. The smallest absolute Gasteiger partial charge is 0.408 e. The summed E-state index contributed by atoms with van der Waals surface area (Å²) in [6.45, 7) is 17.4. The van der Waals surface area contributed by atoms with Crippen molar-refractivity contribution in [1.82, 2.24) is 31.9 Å². The first-order valence-electron chi connectivity index (χ1n) is 18.5. The van der Waals surface area contributed by atoms with Crippen LogP contribution in [0.3, 0.4) is 0 Å². The van der Waals surface area contributed by atoms with Crippen LogP contribution in [0.25, 0.3) is 12.2 Å². The van der Waals surface area contributed by atoms with Crippen molar-refractivity contribution >= 4 is 53.8 Å². The van der Waals surface area contributed by atoms with E-state index < -0.39 is 69.9 Å². The molecule has 2 aromatic rings. The van der Waals surface area contributed by atoms with Gasteiger partial charge < -0.3 is 41.4 Å². The number of nitrogens with one attached hydrogen (secondary N) is 6. The molecule has 2 rings (SSSR count). The third-order valence-electron chi connectivity index (χ3n) is 8.04. The minimum absolute atomic E-state index is 0.0109. The summed E-state index contributed by atoms with van der Waals surface area (Å²) >= 11 is 0. The van der Waals surface area contributed by atoms with Gasteiger partial charge in [0.15, 0.2) is 0 Å². The van der Waals surface area contributed by atoms with Crippen molar-refractivity contribution in [3.05, 3.63) is 83.2 Å². The van der Waals surface area contributed by atoms with Gasteiger partial charge in [0.25, 0.3) is 11.8 Å². The number of hydrogen-bond acceptors (Lipinski definition) is 9. The fourth-order valence-corrected chi connectivity index (χ4v) is 4.98. The third-order valence-corrected chi connectivity index (χ3v) is 8.04. The van der Waals surface area contributed by atoms with E-state index >= 15 is 0 Å². The number of ether oxygens (including phenoxy) is 2. The Bertz CT molecular complexity index is 1840. The lowest BCUT2D eigenvalue weighted by molar-refractivity contribution is -0.149. The minimum atomic E-state index is -1.70. The summed E-state index contributed by atoms with van der Waals surface area (Å²) in [5, 5.41) is 15.6. The predicted octanol–water partition coefficient (Wildman–Crippen LogP) is 4.10. The van der Waals surface area contributed by atoms with Crippen molar-refractivity contribution in [1.29, 1.82) is 0 Å². The first-order valence-corrected chi connectivity index (χ1v) is 18.5. The van der Waals surface area contributed by atoms with Crippen LogP contribution < -0.4 is 31.9 Å². The number of esters is 1. The van der Waals surface area contributed by atoms with E-state index in [-0.39, 0.29) is 23.7 Å². The molecule has 0 unspecified atom stereocenters. The molecule has 0 aliphatic rings. The Morgan fingerprint density at radius 1 is 0.614 bits per heavy atom. The fourth-order valence-electron chi connectivity index (χ4n) is 4.98. The molecular formula is C42H58N6O9. The number of carbonyl (C=O) groups excluding carboxylic acids is 7. The van der Waals surface area contributed by atoms with Crippen LogP contribution in [-0.4, -0.2) is 77.0 Å². The summed E-state index contributed by atoms with van der Waals surface area (Å²) in [6.07, 6.45) is 2.25. The van der Waals surface area contributed by atoms with Crippen LogP contribution in [0, 0.1) is 5.92 Å². The molecule has 0 spiro atoms. The zero-order chi connectivity index (χ0) is 43.4. The van der Waals surface area contributed by atoms with Crippen LogP contribution in [0.15, 0.2) is 72.1 Å². The van der Waals surface area contributed by atoms with Crippen LogP contribution in [0.4, 0.5) is 4.79 Å². The number of methoxy groups -OCH3 is 1. The summed E-state index contributed by atoms with van der Waals surface area (Å²) in [6, 6.07) is 16.2. The lowest BCUT2D eigenvalue weighted by atomic mass is 9.99. The monoisotopic (exact) mass is 790 g/mol. The number of rotatable bonds is 16. The lowest BCUT2D eigenvalue weighted by Gasteiger charge is -2.30. The molecule has 0 saturated carbocycles. The largest absolute Gasteiger partial charge is 0.467 e. The maximum atomic E-state index is 14.0. The molecule has 0 aliphatic heterocycles. The molecule has 15 nitrogen and oxygen atoms in total. The number of benzene rings is 2. The molecule has 2 aromatic carbocycles. The van der Waals surface area contributed by atoms with E-state index in [2.05, 4.69) is 31.9 Å². The van der Waals surface area contributed by atoms with Crippen molar-refractivity contribution in [2.24, 2.45) is 5.92 Å². The van der Waals surface area contributed by atoms with Gasteiger partial charge in [-0.2, -0.15) is 0 Å². The predicted molar refractivity (Wildman–Crippen MR) is 216 cm³/mol.